The highest BCUT2D eigenvalue weighted by molar-refractivity contribution is 8.03. The first-order valence-electron chi connectivity index (χ1n) is 11.9. The maximum absolute atomic E-state index is 13.3. The van der Waals surface area contributed by atoms with Gasteiger partial charge < -0.3 is 30.5 Å². The fourth-order valence-corrected chi connectivity index (χ4v) is 7.24. The number of aliphatic hydroxyl groups is 1. The van der Waals surface area contributed by atoms with E-state index in [2.05, 4.69) is 0 Å². The smallest absolute Gasteiger partial charge is 0.449 e. The van der Waals surface area contributed by atoms with Crippen LogP contribution < -0.4 is 5.73 Å². The first-order chi connectivity index (χ1) is 16.5. The number of carboxylic acid groups (broad SMARTS) is 1. The Morgan fingerprint density at radius 1 is 1.23 bits per heavy atom. The number of fused-ring (bicyclic) bond motifs is 1. The van der Waals surface area contributed by atoms with E-state index in [4.69, 9.17) is 15.9 Å². The number of carbonyl (C=O) groups is 3. The lowest BCUT2D eigenvalue weighted by Crippen LogP contribution is -2.63. The Labute approximate surface area is 208 Å². The maximum Gasteiger partial charge on any atom is 0.512 e. The zero-order valence-electron chi connectivity index (χ0n) is 20.2. The maximum atomic E-state index is 13.3. The zero-order chi connectivity index (χ0) is 25.6. The highest BCUT2D eigenvalue weighted by Gasteiger charge is 2.60. The molecule has 0 aromatic heterocycles. The van der Waals surface area contributed by atoms with Crippen LogP contribution in [-0.4, -0.2) is 117 Å². The van der Waals surface area contributed by atoms with Crippen LogP contribution in [0.15, 0.2) is 10.8 Å². The lowest BCUT2D eigenvalue weighted by Gasteiger charge is -2.45. The van der Waals surface area contributed by atoms with Crippen LogP contribution in [0.2, 0.25) is 0 Å². The predicted octanol–water partition coefficient (Wildman–Crippen LogP) is -0.0587. The molecule has 6 atom stereocenters. The van der Waals surface area contributed by atoms with E-state index < -0.39 is 18.2 Å². The molecule has 4 aliphatic heterocycles. The summed E-state index contributed by atoms with van der Waals surface area (Å²) in [7, 11) is 1.91. The number of aliphatic hydroxyl groups excluding tert-OH is 1. The van der Waals surface area contributed by atoms with Gasteiger partial charge in [-0.2, -0.15) is 0 Å². The van der Waals surface area contributed by atoms with Crippen LogP contribution in [0.1, 0.15) is 26.7 Å². The summed E-state index contributed by atoms with van der Waals surface area (Å²) < 4.78 is 5.05. The van der Waals surface area contributed by atoms with Crippen LogP contribution >= 0.6 is 11.8 Å². The van der Waals surface area contributed by atoms with Crippen LogP contribution in [0, 0.1) is 17.2 Å². The van der Waals surface area contributed by atoms with Gasteiger partial charge in [-0.3, -0.25) is 24.8 Å². The molecule has 0 saturated carbocycles. The normalized spacial score (nSPS) is 32.3. The Bertz CT molecular complexity index is 943. The van der Waals surface area contributed by atoms with Gasteiger partial charge in [0, 0.05) is 43.9 Å². The minimum atomic E-state index is -1.49. The number of carbonyl (C=O) groups excluding carboxylic acids is 2. The number of amides is 2. The van der Waals surface area contributed by atoms with Crippen molar-refractivity contribution in [2.24, 2.45) is 17.6 Å². The van der Waals surface area contributed by atoms with Gasteiger partial charge in [-0.25, -0.2) is 4.79 Å². The van der Waals surface area contributed by atoms with Gasteiger partial charge in [-0.15, -0.1) is 11.8 Å². The molecule has 12 nitrogen and oxygen atoms in total. The number of likely N-dealkylation sites (N-methyl/N-ethyl adjacent to an activating group) is 1. The molecule has 4 rings (SSSR count). The molecule has 0 bridgehead atoms. The van der Waals surface area contributed by atoms with Crippen molar-refractivity contribution < 1.29 is 29.3 Å². The Kier molecular flexibility index (Phi) is 7.21. The molecule has 194 valence electrons. The topological polar surface area (TPSA) is 164 Å². The summed E-state index contributed by atoms with van der Waals surface area (Å²) in [4.78, 5) is 45.0. The van der Waals surface area contributed by atoms with Gasteiger partial charge in [0.05, 0.1) is 29.0 Å². The van der Waals surface area contributed by atoms with Crippen LogP contribution in [0.5, 0.6) is 0 Å². The molecule has 5 unspecified atom stereocenters. The fraction of sp³-hybridized carbons (Fsp3) is 0.727. The monoisotopic (exact) mass is 510 g/mol. The van der Waals surface area contributed by atoms with Gasteiger partial charge in [0.25, 0.3) is 0 Å². The summed E-state index contributed by atoms with van der Waals surface area (Å²) in [5.74, 6) is -1.00. The van der Waals surface area contributed by atoms with Crippen molar-refractivity contribution in [2.45, 2.75) is 50.1 Å². The summed E-state index contributed by atoms with van der Waals surface area (Å²) in [5, 5.41) is 27.0. The number of likely N-dealkylation sites (tertiary alicyclic amines) is 1. The van der Waals surface area contributed by atoms with Crippen molar-refractivity contribution >= 4 is 35.7 Å². The summed E-state index contributed by atoms with van der Waals surface area (Å²) in [6.45, 7) is 6.42. The van der Waals surface area contributed by atoms with Crippen molar-refractivity contribution in [3.8, 4) is 0 Å². The molecule has 0 aromatic rings. The average Bonchev–Trinajstić information content (AvgIpc) is 3.09. The second kappa shape index (κ2) is 9.86. The van der Waals surface area contributed by atoms with Crippen molar-refractivity contribution in [1.82, 2.24) is 19.6 Å². The van der Waals surface area contributed by atoms with Gasteiger partial charge in [0.2, 0.25) is 17.7 Å². The third-order valence-corrected chi connectivity index (χ3v) is 8.96. The molecule has 0 aromatic carbocycles. The molecule has 0 radical (unpaired) electrons. The highest BCUT2D eigenvalue weighted by Crippen LogP contribution is 2.52. The molecular weight excluding hydrogens is 476 g/mol. The Morgan fingerprint density at radius 3 is 2.51 bits per heavy atom. The third-order valence-electron chi connectivity index (χ3n) is 7.48. The summed E-state index contributed by atoms with van der Waals surface area (Å²) in [6.07, 6.45) is -0.997. The van der Waals surface area contributed by atoms with Crippen LogP contribution in [0.3, 0.4) is 0 Å². The number of nitrogens with two attached hydrogens (primary N) is 1. The molecule has 4 aliphatic rings. The minimum absolute atomic E-state index is 0.0123. The van der Waals surface area contributed by atoms with Crippen molar-refractivity contribution in [1.29, 1.82) is 5.41 Å². The molecule has 13 heteroatoms. The third kappa shape index (κ3) is 4.68. The van der Waals surface area contributed by atoms with Gasteiger partial charge >= 0.3 is 6.16 Å². The van der Waals surface area contributed by atoms with Gasteiger partial charge in [0.15, 0.2) is 5.96 Å². The number of nitrogens with one attached hydrogen (secondary N) is 1. The number of guanidine groups is 1. The van der Waals surface area contributed by atoms with Crippen molar-refractivity contribution in [3.05, 3.63) is 10.8 Å². The largest absolute Gasteiger partial charge is 0.512 e. The second-order valence-corrected chi connectivity index (χ2v) is 11.1. The summed E-state index contributed by atoms with van der Waals surface area (Å²) in [6, 6.07) is -0.640. The van der Waals surface area contributed by atoms with Gasteiger partial charge in [0.1, 0.15) is 0 Å². The standard InChI is InChI=1S/C22H34N6O6S/c1-11-16-15(12(2)29)19(31)28(16)20(34-22(32)33)17(11)35-13-9-14(25(3)10-13)18(30)26-5-4-6-27(8-7-26)21(23)24/h11-16,29H,4-10H2,1-3H3,(H3,23,24)(H,32,33)/t11?,12?,13?,14?,15?,16-/m0/s1. The number of ether oxygens (including phenoxy) is 1. The lowest BCUT2D eigenvalue weighted by molar-refractivity contribution is -0.163. The molecule has 0 spiro atoms. The molecule has 3 saturated heterocycles. The molecular formula is C22H34N6O6S. The van der Waals surface area contributed by atoms with E-state index in [9.17, 15) is 24.6 Å². The molecule has 35 heavy (non-hydrogen) atoms. The molecule has 3 fully saturated rings. The zero-order valence-corrected chi connectivity index (χ0v) is 21.0. The van der Waals surface area contributed by atoms with E-state index >= 15 is 0 Å². The van der Waals surface area contributed by atoms with E-state index in [0.29, 0.717) is 44.0 Å². The Morgan fingerprint density at radius 2 is 1.89 bits per heavy atom. The molecule has 5 N–H and O–H groups in total. The van der Waals surface area contributed by atoms with E-state index in [1.165, 1.54) is 16.7 Å². The van der Waals surface area contributed by atoms with E-state index in [1.807, 2.05) is 23.8 Å². The predicted molar refractivity (Wildman–Crippen MR) is 128 cm³/mol. The second-order valence-electron chi connectivity index (χ2n) is 9.77. The quantitative estimate of drug-likeness (QED) is 0.170. The van der Waals surface area contributed by atoms with Gasteiger partial charge in [-0.1, -0.05) is 6.92 Å². The van der Waals surface area contributed by atoms with Crippen LogP contribution in [0.25, 0.3) is 0 Å². The number of hydrogen-bond donors (Lipinski definition) is 4. The molecule has 2 amide bonds. The fourth-order valence-electron chi connectivity index (χ4n) is 5.70. The van der Waals surface area contributed by atoms with Crippen molar-refractivity contribution in [2.75, 3.05) is 39.8 Å². The number of thioether (sulfide) groups is 1. The lowest BCUT2D eigenvalue weighted by atomic mass is 9.79. The van der Waals surface area contributed by atoms with Crippen LogP contribution in [-0.2, 0) is 14.3 Å². The Hall–Kier alpha value is -2.51. The van der Waals surface area contributed by atoms with E-state index in [1.54, 1.807) is 11.8 Å². The first kappa shape index (κ1) is 25.6. The Balaban J connectivity index is 1.45. The number of β-lactam (4-membered cyclic amide) rings is 1. The van der Waals surface area contributed by atoms with Gasteiger partial charge in [-0.05, 0) is 26.8 Å². The summed E-state index contributed by atoms with van der Waals surface area (Å²) >= 11 is 1.47. The minimum Gasteiger partial charge on any atom is -0.449 e. The van der Waals surface area contributed by atoms with E-state index in [0.717, 1.165) is 6.42 Å². The number of nitrogens with zero attached hydrogens (tertiary/aromatic N) is 4. The number of hydrogen-bond acceptors (Lipinski definition) is 8. The SMILES string of the molecule is CC(O)C1C(=O)N2C(OC(=O)O)=C(SC3CC(C(=O)N4CCCN(C(=N)N)CC4)N(C)C3)C(C)[C@@H]12. The van der Waals surface area contributed by atoms with Crippen molar-refractivity contribution in [3.63, 3.8) is 0 Å². The highest BCUT2D eigenvalue weighted by atomic mass is 32.2. The molecule has 0 aliphatic carbocycles. The van der Waals surface area contributed by atoms with E-state index in [-0.39, 0.29) is 46.9 Å². The van der Waals surface area contributed by atoms with Crippen LogP contribution in [0.4, 0.5) is 4.79 Å². The molecule has 4 heterocycles. The average molecular weight is 511 g/mol. The first-order valence-corrected chi connectivity index (χ1v) is 12.8. The summed E-state index contributed by atoms with van der Waals surface area (Å²) in [5.41, 5.74) is 5.61. The number of rotatable bonds is 5.